The number of nitrogens with zero attached hydrogens (tertiary/aromatic N) is 2. The molecule has 0 amide bonds. The lowest BCUT2D eigenvalue weighted by Gasteiger charge is -2.50. The molecule has 7 rings (SSSR count). The minimum atomic E-state index is -0.728. The maximum Gasteiger partial charge on any atom is 0.310 e. The van der Waals surface area contributed by atoms with Gasteiger partial charge in [0, 0.05) is 38.0 Å². The van der Waals surface area contributed by atoms with E-state index >= 15 is 0 Å². The number of ether oxygens (including phenoxy) is 4. The fourth-order valence-electron chi connectivity index (χ4n) is 11.4. The fourth-order valence-corrected chi connectivity index (χ4v) is 11.4. The van der Waals surface area contributed by atoms with Crippen molar-refractivity contribution in [1.82, 2.24) is 9.80 Å². The van der Waals surface area contributed by atoms with Crippen LogP contribution in [0.4, 0.5) is 0 Å². The largest absolute Gasteiger partial charge is 0.504 e. The summed E-state index contributed by atoms with van der Waals surface area (Å²) in [6.45, 7) is 13.1. The number of benzene rings is 2. The summed E-state index contributed by atoms with van der Waals surface area (Å²) >= 11 is 0. The molecule has 2 aliphatic heterocycles. The van der Waals surface area contributed by atoms with Gasteiger partial charge in [-0.2, -0.15) is 0 Å². The number of carbonyl (C=O) groups excluding carboxylic acids is 2. The molecular weight excluding hydrogens is 660 g/mol. The number of methoxy groups -OCH3 is 2. The second-order valence-electron chi connectivity index (χ2n) is 17.2. The molecule has 52 heavy (non-hydrogen) atoms. The molecular formula is C42H58N2O8. The topological polar surface area (TPSA) is 118 Å². The molecule has 3 saturated carbocycles. The van der Waals surface area contributed by atoms with Crippen molar-refractivity contribution in [2.24, 2.45) is 59.2 Å². The van der Waals surface area contributed by atoms with Crippen LogP contribution in [0, 0.1) is 59.2 Å². The molecule has 2 saturated heterocycles. The summed E-state index contributed by atoms with van der Waals surface area (Å²) in [7, 11) is 7.31. The van der Waals surface area contributed by atoms with Gasteiger partial charge in [-0.05, 0) is 110 Å². The molecule has 284 valence electrons. The second kappa shape index (κ2) is 14.4. The van der Waals surface area contributed by atoms with Crippen LogP contribution in [-0.4, -0.2) is 98.7 Å². The van der Waals surface area contributed by atoms with Crippen LogP contribution < -0.4 is 9.47 Å². The van der Waals surface area contributed by atoms with Crippen molar-refractivity contribution in [2.75, 3.05) is 54.5 Å². The number of aromatic hydroxyl groups is 2. The van der Waals surface area contributed by atoms with Crippen LogP contribution in [-0.2, 0) is 19.1 Å². The first-order valence-corrected chi connectivity index (χ1v) is 19.3. The van der Waals surface area contributed by atoms with Gasteiger partial charge in [0.2, 0.25) is 0 Å². The SMILES string of the molecule is COc1cc(C2C(C(=O)O[C@H]3C[C@H]4[C@H](CN(C)C[C@@H]4C)[C@H]3C)C(c3ccc(O)c(OC)c3)C2C(=O)O[C@@H]2C[C@H]3[C@H](CN(C)C[C@@H]3C)[C@H]2C)ccc1O. The van der Waals surface area contributed by atoms with Gasteiger partial charge in [0.25, 0.3) is 0 Å². The van der Waals surface area contributed by atoms with Gasteiger partial charge >= 0.3 is 11.9 Å². The third-order valence-electron chi connectivity index (χ3n) is 14.1. The zero-order chi connectivity index (χ0) is 37.2. The van der Waals surface area contributed by atoms with E-state index in [4.69, 9.17) is 18.9 Å². The van der Waals surface area contributed by atoms with Crippen LogP contribution in [0.25, 0.3) is 0 Å². The highest BCUT2D eigenvalue weighted by molar-refractivity contribution is 5.86. The van der Waals surface area contributed by atoms with E-state index in [1.165, 1.54) is 14.2 Å². The Balaban J connectivity index is 1.24. The van der Waals surface area contributed by atoms with E-state index in [1.54, 1.807) is 36.4 Å². The van der Waals surface area contributed by atoms with Crippen molar-refractivity contribution in [3.8, 4) is 23.0 Å². The first kappa shape index (κ1) is 36.8. The number of fused-ring (bicyclic) bond motifs is 2. The van der Waals surface area contributed by atoms with Crippen molar-refractivity contribution in [1.29, 1.82) is 0 Å². The summed E-state index contributed by atoms with van der Waals surface area (Å²) in [4.78, 5) is 34.3. The molecule has 12 atom stereocenters. The number of carbonyl (C=O) groups is 2. The molecule has 2 heterocycles. The van der Waals surface area contributed by atoms with Crippen LogP contribution in [0.2, 0.25) is 0 Å². The van der Waals surface area contributed by atoms with Crippen molar-refractivity contribution >= 4 is 11.9 Å². The molecule has 2 unspecified atom stereocenters. The van der Waals surface area contributed by atoms with Gasteiger partial charge in [0.15, 0.2) is 23.0 Å². The number of likely N-dealkylation sites (tertiary alicyclic amines) is 2. The van der Waals surface area contributed by atoms with Gasteiger partial charge in [-0.15, -0.1) is 0 Å². The van der Waals surface area contributed by atoms with Gasteiger partial charge < -0.3 is 39.0 Å². The van der Waals surface area contributed by atoms with Crippen molar-refractivity contribution in [3.63, 3.8) is 0 Å². The van der Waals surface area contributed by atoms with E-state index in [9.17, 15) is 19.8 Å². The maximum atomic E-state index is 14.7. The molecule has 0 aromatic heterocycles. The Kier molecular flexibility index (Phi) is 10.2. The van der Waals surface area contributed by atoms with Gasteiger partial charge in [-0.3, -0.25) is 9.59 Å². The summed E-state index contributed by atoms with van der Waals surface area (Å²) < 4.78 is 24.1. The highest BCUT2D eigenvalue weighted by atomic mass is 16.6. The first-order chi connectivity index (χ1) is 24.8. The van der Waals surface area contributed by atoms with Crippen LogP contribution in [0.1, 0.15) is 63.5 Å². The van der Waals surface area contributed by atoms with Gasteiger partial charge in [0.1, 0.15) is 12.2 Å². The first-order valence-electron chi connectivity index (χ1n) is 19.3. The molecule has 5 fully saturated rings. The van der Waals surface area contributed by atoms with Crippen molar-refractivity contribution in [3.05, 3.63) is 47.5 Å². The quantitative estimate of drug-likeness (QED) is 0.327. The smallest absolute Gasteiger partial charge is 0.310 e. The number of hydrogen-bond acceptors (Lipinski definition) is 10. The normalized spacial score (nSPS) is 38.8. The Morgan fingerprint density at radius 2 is 1.00 bits per heavy atom. The Morgan fingerprint density at radius 1 is 0.615 bits per heavy atom. The molecule has 0 radical (unpaired) electrons. The maximum absolute atomic E-state index is 14.7. The van der Waals surface area contributed by atoms with Gasteiger partial charge in [0.05, 0.1) is 26.1 Å². The van der Waals surface area contributed by atoms with E-state index < -0.39 is 23.7 Å². The van der Waals surface area contributed by atoms with Gasteiger partial charge in [-0.1, -0.05) is 39.8 Å². The van der Waals surface area contributed by atoms with Crippen LogP contribution in [0.3, 0.4) is 0 Å². The number of phenols is 2. The average molecular weight is 719 g/mol. The molecule has 0 spiro atoms. The number of esters is 2. The molecule has 2 aromatic rings. The fraction of sp³-hybridized carbons (Fsp3) is 0.667. The summed E-state index contributed by atoms with van der Waals surface area (Å²) in [5.74, 6) is 0.474. The van der Waals surface area contributed by atoms with E-state index in [0.29, 0.717) is 46.6 Å². The van der Waals surface area contributed by atoms with Crippen molar-refractivity contribution in [2.45, 2.75) is 64.6 Å². The highest BCUT2D eigenvalue weighted by Gasteiger charge is 2.61. The number of hydrogen-bond donors (Lipinski definition) is 2. The standard InChI is InChI=1S/C42H58N2O8/c1-21-17-43(5)19-29-23(3)33(15-27(21)29)51-41(47)39-37(25-9-11-31(45)35(13-25)49-7)40(38(39)26-10-12-32(46)36(14-26)50-8)42(48)52-34-16-28-22(2)18-44(6)20-30(28)24(34)4/h9-14,21-24,27-30,33-34,37-40,45-46H,15-20H2,1-8H3/t21-,22-,23+,24+,27+,28+,29+,30+,33-,34+,37?,38?,39?,40?/m0/s1. The lowest BCUT2D eigenvalue weighted by molar-refractivity contribution is -0.175. The summed E-state index contributed by atoms with van der Waals surface area (Å²) in [5.41, 5.74) is 1.40. The van der Waals surface area contributed by atoms with Gasteiger partial charge in [-0.25, -0.2) is 0 Å². The number of phenolic OH excluding ortho intramolecular Hbond substituents is 2. The summed E-state index contributed by atoms with van der Waals surface area (Å²) in [5, 5.41) is 21.1. The number of piperidine rings is 2. The molecule has 10 heteroatoms. The monoisotopic (exact) mass is 718 g/mol. The number of rotatable bonds is 8. The predicted molar refractivity (Wildman–Crippen MR) is 196 cm³/mol. The van der Waals surface area contributed by atoms with Crippen molar-refractivity contribution < 1.29 is 38.7 Å². The summed E-state index contributed by atoms with van der Waals surface area (Å²) in [6, 6.07) is 10.1. The lowest BCUT2D eigenvalue weighted by atomic mass is 9.52. The minimum absolute atomic E-state index is 0.0217. The zero-order valence-electron chi connectivity index (χ0n) is 32.0. The molecule has 10 nitrogen and oxygen atoms in total. The molecule has 2 aromatic carbocycles. The zero-order valence-corrected chi connectivity index (χ0v) is 32.0. The Hall–Kier alpha value is -3.50. The summed E-state index contributed by atoms with van der Waals surface area (Å²) in [6.07, 6.45) is 1.20. The van der Waals surface area contributed by atoms with E-state index in [-0.39, 0.29) is 59.0 Å². The average Bonchev–Trinajstić information content (AvgIpc) is 3.57. The van der Waals surface area contributed by atoms with Crippen LogP contribution in [0.5, 0.6) is 23.0 Å². The molecule has 5 aliphatic rings. The minimum Gasteiger partial charge on any atom is -0.504 e. The van der Waals surface area contributed by atoms with Crippen LogP contribution in [0.15, 0.2) is 36.4 Å². The predicted octanol–water partition coefficient (Wildman–Crippen LogP) is 5.76. The molecule has 2 N–H and O–H groups in total. The van der Waals surface area contributed by atoms with E-state index in [0.717, 1.165) is 39.0 Å². The van der Waals surface area contributed by atoms with E-state index in [1.807, 2.05) is 0 Å². The highest BCUT2D eigenvalue weighted by Crippen LogP contribution is 2.60. The Labute approximate surface area is 308 Å². The molecule has 0 bridgehead atoms. The Bertz CT molecular complexity index is 1520. The third kappa shape index (κ3) is 6.42. The van der Waals surface area contributed by atoms with E-state index in [2.05, 4.69) is 51.6 Å². The lowest BCUT2D eigenvalue weighted by Crippen LogP contribution is -2.53. The Morgan fingerprint density at radius 3 is 1.37 bits per heavy atom. The van der Waals surface area contributed by atoms with Crippen LogP contribution >= 0.6 is 0 Å². The third-order valence-corrected chi connectivity index (χ3v) is 14.1. The molecule has 3 aliphatic carbocycles. The second-order valence-corrected chi connectivity index (χ2v) is 17.2.